The Bertz CT molecular complexity index is 180. The van der Waals surface area contributed by atoms with Crippen molar-refractivity contribution in [3.05, 3.63) is 12.3 Å². The topological polar surface area (TPSA) is 58.6 Å². The lowest BCUT2D eigenvalue weighted by Crippen LogP contribution is -2.18. The van der Waals surface area contributed by atoms with Crippen molar-refractivity contribution < 1.29 is 14.6 Å². The van der Waals surface area contributed by atoms with Crippen molar-refractivity contribution in [2.45, 2.75) is 19.8 Å². The molecule has 4 heteroatoms. The summed E-state index contributed by atoms with van der Waals surface area (Å²) in [5.41, 5.74) is 0. The molecule has 0 heterocycles. The van der Waals surface area contributed by atoms with Crippen LogP contribution in [-0.4, -0.2) is 31.3 Å². The predicted octanol–water partition coefficient (Wildman–Crippen LogP) is 0.671. The Labute approximate surface area is 85.0 Å². The molecule has 0 aromatic carbocycles. The number of hydrogen-bond acceptors (Lipinski definition) is 4. The molecular formula is C10H19NO3. The Balaban J connectivity index is 3.59. The zero-order valence-electron chi connectivity index (χ0n) is 8.82. The quantitative estimate of drug-likeness (QED) is 0.469. The van der Waals surface area contributed by atoms with Gasteiger partial charge in [-0.15, -0.1) is 0 Å². The first-order valence-electron chi connectivity index (χ1n) is 4.83. The normalized spacial score (nSPS) is 12.8. The molecule has 2 N–H and O–H groups in total. The summed E-state index contributed by atoms with van der Waals surface area (Å²) in [6.45, 7) is 3.05. The van der Waals surface area contributed by atoms with Crippen LogP contribution in [0.25, 0.3) is 0 Å². The van der Waals surface area contributed by atoms with E-state index in [1.165, 1.54) is 13.2 Å². The second kappa shape index (κ2) is 8.56. The highest BCUT2D eigenvalue weighted by molar-refractivity contribution is 5.81. The maximum Gasteiger partial charge on any atom is 0.331 e. The zero-order valence-corrected chi connectivity index (χ0v) is 8.82. The SMILES string of the molecule is CCC(CCO)CN/C=C/C(=O)OC. The van der Waals surface area contributed by atoms with Crippen LogP contribution in [0.1, 0.15) is 19.8 Å². The van der Waals surface area contributed by atoms with Gasteiger partial charge in [-0.1, -0.05) is 13.3 Å². The molecule has 82 valence electrons. The monoisotopic (exact) mass is 201 g/mol. The van der Waals surface area contributed by atoms with Gasteiger partial charge in [-0.3, -0.25) is 0 Å². The lowest BCUT2D eigenvalue weighted by atomic mass is 10.0. The molecule has 14 heavy (non-hydrogen) atoms. The van der Waals surface area contributed by atoms with Crippen LogP contribution in [0.4, 0.5) is 0 Å². The van der Waals surface area contributed by atoms with E-state index < -0.39 is 0 Å². The molecule has 0 bridgehead atoms. The van der Waals surface area contributed by atoms with Gasteiger partial charge in [0, 0.05) is 25.4 Å². The Hall–Kier alpha value is -1.03. The number of methoxy groups -OCH3 is 1. The molecule has 1 atom stereocenters. The lowest BCUT2D eigenvalue weighted by molar-refractivity contribution is -0.134. The molecule has 0 radical (unpaired) electrons. The number of esters is 1. The fourth-order valence-electron chi connectivity index (χ4n) is 1.06. The number of aliphatic hydroxyl groups is 1. The van der Waals surface area contributed by atoms with Crippen molar-refractivity contribution in [1.82, 2.24) is 5.32 Å². The van der Waals surface area contributed by atoms with Gasteiger partial charge in [0.15, 0.2) is 0 Å². The van der Waals surface area contributed by atoms with Gasteiger partial charge in [0.1, 0.15) is 0 Å². The average molecular weight is 201 g/mol. The Morgan fingerprint density at radius 1 is 1.64 bits per heavy atom. The van der Waals surface area contributed by atoms with E-state index in [9.17, 15) is 4.79 Å². The van der Waals surface area contributed by atoms with Crippen molar-refractivity contribution in [3.63, 3.8) is 0 Å². The second-order valence-corrected chi connectivity index (χ2v) is 3.05. The lowest BCUT2D eigenvalue weighted by Gasteiger charge is -2.12. The molecule has 0 aliphatic carbocycles. The Kier molecular flexibility index (Phi) is 7.93. The van der Waals surface area contributed by atoms with E-state index in [1.54, 1.807) is 6.20 Å². The van der Waals surface area contributed by atoms with Crippen LogP contribution in [0.3, 0.4) is 0 Å². The second-order valence-electron chi connectivity index (χ2n) is 3.05. The minimum absolute atomic E-state index is 0.209. The number of ether oxygens (including phenoxy) is 1. The number of carbonyl (C=O) groups excluding carboxylic acids is 1. The number of carbonyl (C=O) groups is 1. The smallest absolute Gasteiger partial charge is 0.331 e. The third kappa shape index (κ3) is 6.48. The van der Waals surface area contributed by atoms with Gasteiger partial charge in [-0.05, 0) is 12.3 Å². The molecule has 0 aromatic heterocycles. The summed E-state index contributed by atoms with van der Waals surface area (Å²) in [5, 5.41) is 11.7. The van der Waals surface area contributed by atoms with Crippen LogP contribution in [0, 0.1) is 5.92 Å². The molecule has 0 aromatic rings. The molecule has 0 saturated heterocycles. The van der Waals surface area contributed by atoms with Crippen molar-refractivity contribution in [1.29, 1.82) is 0 Å². The van der Waals surface area contributed by atoms with Gasteiger partial charge in [0.2, 0.25) is 0 Å². The molecule has 0 aliphatic heterocycles. The summed E-state index contributed by atoms with van der Waals surface area (Å²) >= 11 is 0. The number of rotatable bonds is 7. The van der Waals surface area contributed by atoms with Gasteiger partial charge in [0.25, 0.3) is 0 Å². The number of aliphatic hydroxyl groups excluding tert-OH is 1. The largest absolute Gasteiger partial charge is 0.466 e. The minimum Gasteiger partial charge on any atom is -0.466 e. The van der Waals surface area contributed by atoms with E-state index in [2.05, 4.69) is 17.0 Å². The van der Waals surface area contributed by atoms with Gasteiger partial charge < -0.3 is 15.2 Å². The molecule has 0 fully saturated rings. The highest BCUT2D eigenvalue weighted by atomic mass is 16.5. The average Bonchev–Trinajstić information content (AvgIpc) is 2.22. The zero-order chi connectivity index (χ0) is 10.8. The maximum atomic E-state index is 10.7. The molecule has 0 rings (SSSR count). The van der Waals surface area contributed by atoms with E-state index in [4.69, 9.17) is 5.11 Å². The van der Waals surface area contributed by atoms with Gasteiger partial charge >= 0.3 is 5.97 Å². The van der Waals surface area contributed by atoms with E-state index >= 15 is 0 Å². The van der Waals surface area contributed by atoms with Gasteiger partial charge in [-0.25, -0.2) is 4.79 Å². The third-order valence-electron chi connectivity index (χ3n) is 2.06. The summed E-state index contributed by atoms with van der Waals surface area (Å²) in [5.74, 6) is 0.0787. The van der Waals surface area contributed by atoms with Crippen LogP contribution in [0.15, 0.2) is 12.3 Å². The summed E-state index contributed by atoms with van der Waals surface area (Å²) in [6, 6.07) is 0. The molecule has 0 spiro atoms. The summed E-state index contributed by atoms with van der Waals surface area (Å²) in [7, 11) is 1.34. The van der Waals surface area contributed by atoms with Crippen LogP contribution >= 0.6 is 0 Å². The van der Waals surface area contributed by atoms with Crippen LogP contribution in [-0.2, 0) is 9.53 Å². The molecular weight excluding hydrogens is 182 g/mol. The fourth-order valence-corrected chi connectivity index (χ4v) is 1.06. The first kappa shape index (κ1) is 13.0. The van der Waals surface area contributed by atoms with Crippen molar-refractivity contribution in [2.24, 2.45) is 5.92 Å². The third-order valence-corrected chi connectivity index (χ3v) is 2.06. The number of hydrogen-bond donors (Lipinski definition) is 2. The first-order valence-corrected chi connectivity index (χ1v) is 4.83. The Morgan fingerprint density at radius 2 is 2.36 bits per heavy atom. The molecule has 0 aliphatic rings. The van der Waals surface area contributed by atoms with E-state index in [1.807, 2.05) is 0 Å². The van der Waals surface area contributed by atoms with Crippen molar-refractivity contribution in [2.75, 3.05) is 20.3 Å². The highest BCUT2D eigenvalue weighted by Gasteiger charge is 2.03. The van der Waals surface area contributed by atoms with E-state index in [-0.39, 0.29) is 12.6 Å². The van der Waals surface area contributed by atoms with Crippen molar-refractivity contribution in [3.8, 4) is 0 Å². The summed E-state index contributed by atoms with van der Waals surface area (Å²) < 4.78 is 4.43. The van der Waals surface area contributed by atoms with Gasteiger partial charge in [-0.2, -0.15) is 0 Å². The van der Waals surface area contributed by atoms with Crippen molar-refractivity contribution >= 4 is 5.97 Å². The number of nitrogens with one attached hydrogen (secondary N) is 1. The summed E-state index contributed by atoms with van der Waals surface area (Å²) in [6.07, 6.45) is 4.72. The van der Waals surface area contributed by atoms with Crippen LogP contribution in [0.5, 0.6) is 0 Å². The fraction of sp³-hybridized carbons (Fsp3) is 0.700. The molecule has 1 unspecified atom stereocenters. The highest BCUT2D eigenvalue weighted by Crippen LogP contribution is 2.05. The Morgan fingerprint density at radius 3 is 2.86 bits per heavy atom. The molecule has 4 nitrogen and oxygen atoms in total. The summed E-state index contributed by atoms with van der Waals surface area (Å²) in [4.78, 5) is 10.7. The first-order chi connectivity index (χ1) is 6.74. The van der Waals surface area contributed by atoms with Crippen LogP contribution < -0.4 is 5.32 Å². The van der Waals surface area contributed by atoms with Crippen LogP contribution in [0.2, 0.25) is 0 Å². The molecule has 0 amide bonds. The van der Waals surface area contributed by atoms with E-state index in [0.29, 0.717) is 5.92 Å². The van der Waals surface area contributed by atoms with Gasteiger partial charge in [0.05, 0.1) is 7.11 Å². The molecule has 0 saturated carbocycles. The predicted molar refractivity (Wildman–Crippen MR) is 54.6 cm³/mol. The standard InChI is InChI=1S/C10H19NO3/c1-3-9(5-7-12)8-11-6-4-10(13)14-2/h4,6,9,11-12H,3,5,7-8H2,1-2H3/b6-4+. The van der Waals surface area contributed by atoms with E-state index in [0.717, 1.165) is 19.4 Å². The maximum absolute atomic E-state index is 10.7. The minimum atomic E-state index is -0.368.